The van der Waals surface area contributed by atoms with Crippen molar-refractivity contribution in [2.24, 2.45) is 0 Å². The molecule has 0 saturated heterocycles. The third kappa shape index (κ3) is 5.08. The lowest BCUT2D eigenvalue weighted by Crippen LogP contribution is -2.32. The molecule has 0 fully saturated rings. The molecule has 146 valence electrons. The van der Waals surface area contributed by atoms with Crippen LogP contribution in [-0.4, -0.2) is 10.2 Å². The molecular weight excluding hydrogens is 356 g/mol. The van der Waals surface area contributed by atoms with E-state index in [4.69, 9.17) is 0 Å². The monoisotopic (exact) mass is 383 g/mol. The molecule has 0 atom stereocenters. The molecule has 0 bridgehead atoms. The summed E-state index contributed by atoms with van der Waals surface area (Å²) < 4.78 is 1.17. The van der Waals surface area contributed by atoms with Gasteiger partial charge in [0.15, 0.2) is 0 Å². The normalized spacial score (nSPS) is 10.2. The van der Waals surface area contributed by atoms with Crippen LogP contribution >= 0.6 is 0 Å². The predicted molar refractivity (Wildman–Crippen MR) is 118 cm³/mol. The van der Waals surface area contributed by atoms with Gasteiger partial charge in [-0.25, -0.2) is 0 Å². The molecule has 0 aliphatic rings. The molecule has 0 spiro atoms. The van der Waals surface area contributed by atoms with Gasteiger partial charge in [0, 0.05) is 28.1 Å². The lowest BCUT2D eigenvalue weighted by molar-refractivity contribution is -0.896. The standard InChI is InChI=1S/C13H14NO.C13H13N/c1-10-5-3-7-12(9-10)13-11(2)6-4-8-14(13)15;1-10-5-3-7-12(9-10)13-11(2)6-4-8-14-13/h3-9,15H,1-2H3;3-9H,1-2H3/q+1;. The Bertz CT molecular complexity index is 1100. The Balaban J connectivity index is 0.000000166. The van der Waals surface area contributed by atoms with Gasteiger partial charge >= 0.3 is 0 Å². The van der Waals surface area contributed by atoms with Crippen molar-refractivity contribution in [1.29, 1.82) is 0 Å². The van der Waals surface area contributed by atoms with E-state index < -0.39 is 0 Å². The molecule has 4 rings (SSSR count). The van der Waals surface area contributed by atoms with E-state index in [-0.39, 0.29) is 0 Å². The molecule has 0 radical (unpaired) electrons. The van der Waals surface area contributed by atoms with Crippen LogP contribution in [0.4, 0.5) is 0 Å². The molecule has 2 aromatic heterocycles. The van der Waals surface area contributed by atoms with Gasteiger partial charge in [-0.2, -0.15) is 0 Å². The summed E-state index contributed by atoms with van der Waals surface area (Å²) in [6.07, 6.45) is 3.48. The molecular formula is C26H27N2O+. The summed E-state index contributed by atoms with van der Waals surface area (Å²) in [5, 5.41) is 9.75. The van der Waals surface area contributed by atoms with Gasteiger partial charge in [0.05, 0.1) is 11.3 Å². The topological polar surface area (TPSA) is 37.0 Å². The van der Waals surface area contributed by atoms with Crippen LogP contribution in [0.5, 0.6) is 0 Å². The molecule has 1 N–H and O–H groups in total. The first-order valence-corrected chi connectivity index (χ1v) is 9.72. The van der Waals surface area contributed by atoms with Crippen molar-refractivity contribution in [3.8, 4) is 22.5 Å². The minimum absolute atomic E-state index is 0.848. The SMILES string of the molecule is Cc1cccc(-c2c(C)ccc[n+]2O)c1.Cc1cccc(-c2ncccc2C)c1. The van der Waals surface area contributed by atoms with Crippen molar-refractivity contribution in [3.63, 3.8) is 0 Å². The third-order valence-electron chi connectivity index (χ3n) is 4.77. The molecule has 0 aliphatic carbocycles. The summed E-state index contributed by atoms with van der Waals surface area (Å²) in [4.78, 5) is 4.39. The average Bonchev–Trinajstić information content (AvgIpc) is 2.69. The quantitative estimate of drug-likeness (QED) is 0.348. The number of benzene rings is 2. The summed E-state index contributed by atoms with van der Waals surface area (Å²) in [6.45, 7) is 8.22. The highest BCUT2D eigenvalue weighted by Crippen LogP contribution is 2.21. The van der Waals surface area contributed by atoms with Crippen molar-refractivity contribution in [2.45, 2.75) is 27.7 Å². The minimum Gasteiger partial charge on any atom is -0.285 e. The van der Waals surface area contributed by atoms with E-state index in [1.807, 2.05) is 56.4 Å². The van der Waals surface area contributed by atoms with E-state index in [9.17, 15) is 5.21 Å². The molecule has 2 aromatic carbocycles. The highest BCUT2D eigenvalue weighted by atomic mass is 16.5. The van der Waals surface area contributed by atoms with Gasteiger partial charge < -0.3 is 0 Å². The lowest BCUT2D eigenvalue weighted by Gasteiger charge is -2.04. The second kappa shape index (κ2) is 9.16. The summed E-state index contributed by atoms with van der Waals surface area (Å²) in [7, 11) is 0. The Morgan fingerprint density at radius 3 is 1.93 bits per heavy atom. The molecule has 4 aromatic rings. The van der Waals surface area contributed by atoms with E-state index in [1.165, 1.54) is 27.0 Å². The fraction of sp³-hybridized carbons (Fsp3) is 0.154. The second-order valence-corrected chi connectivity index (χ2v) is 7.29. The third-order valence-corrected chi connectivity index (χ3v) is 4.77. The van der Waals surface area contributed by atoms with Crippen LogP contribution in [0, 0.1) is 27.7 Å². The lowest BCUT2D eigenvalue weighted by atomic mass is 10.0. The molecule has 0 unspecified atom stereocenters. The van der Waals surface area contributed by atoms with Crippen molar-refractivity contribution >= 4 is 0 Å². The molecule has 0 aliphatic heterocycles. The fourth-order valence-electron chi connectivity index (χ4n) is 3.34. The van der Waals surface area contributed by atoms with E-state index in [0.717, 1.165) is 22.5 Å². The Labute approximate surface area is 172 Å². The number of pyridine rings is 2. The zero-order valence-corrected chi connectivity index (χ0v) is 17.4. The highest BCUT2D eigenvalue weighted by molar-refractivity contribution is 5.63. The van der Waals surface area contributed by atoms with Crippen molar-refractivity contribution < 1.29 is 9.94 Å². The predicted octanol–water partition coefficient (Wildman–Crippen LogP) is 5.86. The highest BCUT2D eigenvalue weighted by Gasteiger charge is 2.15. The van der Waals surface area contributed by atoms with Gasteiger partial charge in [0.25, 0.3) is 5.69 Å². The van der Waals surface area contributed by atoms with E-state index in [2.05, 4.69) is 55.2 Å². The Kier molecular flexibility index (Phi) is 6.40. The van der Waals surface area contributed by atoms with Gasteiger partial charge in [-0.1, -0.05) is 47.5 Å². The van der Waals surface area contributed by atoms with Crippen molar-refractivity contribution in [2.75, 3.05) is 0 Å². The van der Waals surface area contributed by atoms with Crippen LogP contribution in [0.3, 0.4) is 0 Å². The number of hydrogen-bond donors (Lipinski definition) is 1. The maximum absolute atomic E-state index is 9.75. The number of hydrogen-bond acceptors (Lipinski definition) is 2. The van der Waals surface area contributed by atoms with Crippen LogP contribution in [0.2, 0.25) is 0 Å². The molecule has 3 nitrogen and oxygen atoms in total. The van der Waals surface area contributed by atoms with Crippen molar-refractivity contribution in [1.82, 2.24) is 4.98 Å². The summed E-state index contributed by atoms with van der Waals surface area (Å²) in [5.41, 5.74) is 8.91. The van der Waals surface area contributed by atoms with Crippen LogP contribution in [0.25, 0.3) is 22.5 Å². The second-order valence-electron chi connectivity index (χ2n) is 7.29. The van der Waals surface area contributed by atoms with Crippen LogP contribution in [-0.2, 0) is 0 Å². The first-order chi connectivity index (χ1) is 14.0. The zero-order chi connectivity index (χ0) is 20.8. The van der Waals surface area contributed by atoms with Gasteiger partial charge in [0.2, 0.25) is 6.20 Å². The maximum atomic E-state index is 9.75. The molecule has 0 saturated carbocycles. The van der Waals surface area contributed by atoms with Crippen LogP contribution in [0.15, 0.2) is 85.2 Å². The number of rotatable bonds is 2. The zero-order valence-electron chi connectivity index (χ0n) is 17.4. The molecule has 2 heterocycles. The fourth-order valence-corrected chi connectivity index (χ4v) is 3.34. The Morgan fingerprint density at radius 2 is 1.31 bits per heavy atom. The molecule has 3 heteroatoms. The summed E-state index contributed by atoms with van der Waals surface area (Å²) in [6, 6.07) is 24.4. The maximum Gasteiger partial charge on any atom is 0.267 e. The Hall–Kier alpha value is -3.46. The molecule has 29 heavy (non-hydrogen) atoms. The number of nitrogens with zero attached hydrogens (tertiary/aromatic N) is 2. The molecule has 0 amide bonds. The smallest absolute Gasteiger partial charge is 0.267 e. The van der Waals surface area contributed by atoms with E-state index >= 15 is 0 Å². The van der Waals surface area contributed by atoms with E-state index in [0.29, 0.717) is 0 Å². The summed E-state index contributed by atoms with van der Waals surface area (Å²) in [5.74, 6) is 0. The first-order valence-electron chi connectivity index (χ1n) is 9.72. The number of aryl methyl sites for hydroxylation is 4. The van der Waals surface area contributed by atoms with Crippen molar-refractivity contribution in [3.05, 3.63) is 107 Å². The Morgan fingerprint density at radius 1 is 0.690 bits per heavy atom. The minimum atomic E-state index is 0.848. The van der Waals surface area contributed by atoms with Crippen LogP contribution < -0.4 is 4.73 Å². The number of aromatic nitrogens is 2. The summed E-state index contributed by atoms with van der Waals surface area (Å²) >= 11 is 0. The van der Waals surface area contributed by atoms with E-state index in [1.54, 1.807) is 6.20 Å². The largest absolute Gasteiger partial charge is 0.285 e. The first kappa shape index (κ1) is 20.3. The van der Waals surface area contributed by atoms with Crippen LogP contribution in [0.1, 0.15) is 22.3 Å². The average molecular weight is 384 g/mol. The van der Waals surface area contributed by atoms with Gasteiger partial charge in [-0.15, -0.1) is 0 Å². The van der Waals surface area contributed by atoms with Gasteiger partial charge in [0.1, 0.15) is 0 Å². The van der Waals surface area contributed by atoms with Gasteiger partial charge in [-0.05, 0) is 63.6 Å². The van der Waals surface area contributed by atoms with Gasteiger partial charge in [-0.3, -0.25) is 10.2 Å².